The zero-order valence-corrected chi connectivity index (χ0v) is 8.33. The monoisotopic (exact) mass is 190 g/mol. The standard InChI is InChI=1S/C10H14N4/c1-10(12-2)4-3-7-6-13-9(11)14-8(7)5-10/h3-6,12H,1-2H3,(H3,11,13,14). The van der Waals surface area contributed by atoms with Crippen LogP contribution in [0.4, 0.5) is 0 Å². The van der Waals surface area contributed by atoms with Crippen LogP contribution in [0, 0.1) is 0 Å². The Kier molecular flexibility index (Phi) is 1.93. The van der Waals surface area contributed by atoms with Gasteiger partial charge in [-0.1, -0.05) is 12.2 Å². The van der Waals surface area contributed by atoms with Crippen molar-refractivity contribution in [1.82, 2.24) is 10.6 Å². The van der Waals surface area contributed by atoms with Crippen molar-refractivity contribution in [3.05, 3.63) is 35.7 Å². The molecule has 0 fully saturated rings. The summed E-state index contributed by atoms with van der Waals surface area (Å²) >= 11 is 0. The third-order valence-electron chi connectivity index (χ3n) is 2.51. The third-order valence-corrected chi connectivity index (χ3v) is 2.51. The lowest BCUT2D eigenvalue weighted by molar-refractivity contribution is 0.578. The molecule has 4 heteroatoms. The molecule has 14 heavy (non-hydrogen) atoms. The first-order chi connectivity index (χ1) is 6.63. The molecule has 0 spiro atoms. The van der Waals surface area contributed by atoms with Gasteiger partial charge in [-0.3, -0.25) is 0 Å². The molecule has 0 amide bonds. The van der Waals surface area contributed by atoms with Crippen LogP contribution >= 0.6 is 0 Å². The van der Waals surface area contributed by atoms with E-state index in [0.717, 1.165) is 11.3 Å². The molecule has 2 rings (SSSR count). The molecule has 0 radical (unpaired) electrons. The predicted octanol–water partition coefficient (Wildman–Crippen LogP) is 0.220. The van der Waals surface area contributed by atoms with Crippen molar-refractivity contribution in [3.8, 4) is 0 Å². The van der Waals surface area contributed by atoms with E-state index in [-0.39, 0.29) is 5.54 Å². The Morgan fingerprint density at radius 2 is 2.36 bits per heavy atom. The number of hydrogen-bond acceptors (Lipinski definition) is 4. The molecular formula is C10H14N4. The minimum atomic E-state index is -0.114. The fourth-order valence-electron chi connectivity index (χ4n) is 1.47. The second kappa shape index (κ2) is 2.99. The number of aliphatic imine (C=N–C) groups is 1. The average Bonchev–Trinajstić information content (AvgIpc) is 2.17. The summed E-state index contributed by atoms with van der Waals surface area (Å²) in [6.07, 6.45) is 8.00. The van der Waals surface area contributed by atoms with Crippen molar-refractivity contribution in [3.63, 3.8) is 0 Å². The van der Waals surface area contributed by atoms with Crippen molar-refractivity contribution >= 4 is 5.96 Å². The normalized spacial score (nSPS) is 29.7. The Hall–Kier alpha value is -1.55. The summed E-state index contributed by atoms with van der Waals surface area (Å²) < 4.78 is 0. The first-order valence-corrected chi connectivity index (χ1v) is 4.55. The number of nitrogens with zero attached hydrogens (tertiary/aromatic N) is 1. The molecule has 1 atom stereocenters. The third kappa shape index (κ3) is 1.44. The molecule has 0 aromatic rings. The second-order valence-corrected chi connectivity index (χ2v) is 3.65. The van der Waals surface area contributed by atoms with Crippen LogP contribution in [-0.4, -0.2) is 18.5 Å². The number of fused-ring (bicyclic) bond motifs is 1. The Bertz CT molecular complexity index is 376. The van der Waals surface area contributed by atoms with Crippen molar-refractivity contribution < 1.29 is 0 Å². The van der Waals surface area contributed by atoms with Gasteiger partial charge in [0.05, 0.1) is 5.54 Å². The van der Waals surface area contributed by atoms with Gasteiger partial charge in [-0.05, 0) is 20.0 Å². The number of allylic oxidation sites excluding steroid dienone is 1. The first-order valence-electron chi connectivity index (χ1n) is 4.55. The van der Waals surface area contributed by atoms with Crippen LogP contribution in [0.15, 0.2) is 40.7 Å². The van der Waals surface area contributed by atoms with Gasteiger partial charge in [0.2, 0.25) is 0 Å². The SMILES string of the molecule is CNC1(C)C=CC2=CN=C(N)NC2=C1. The van der Waals surface area contributed by atoms with Gasteiger partial charge in [0.1, 0.15) is 0 Å². The lowest BCUT2D eigenvalue weighted by Gasteiger charge is -2.28. The number of nitrogens with two attached hydrogens (primary N) is 1. The molecule has 1 unspecified atom stereocenters. The van der Waals surface area contributed by atoms with Gasteiger partial charge in [-0.25, -0.2) is 4.99 Å². The van der Waals surface area contributed by atoms with Crippen molar-refractivity contribution in [2.45, 2.75) is 12.5 Å². The van der Waals surface area contributed by atoms with E-state index in [0.29, 0.717) is 5.96 Å². The fourth-order valence-corrected chi connectivity index (χ4v) is 1.47. The highest BCUT2D eigenvalue weighted by Gasteiger charge is 2.22. The summed E-state index contributed by atoms with van der Waals surface area (Å²) in [6, 6.07) is 0. The molecule has 1 aliphatic heterocycles. The maximum Gasteiger partial charge on any atom is 0.197 e. The molecule has 2 aliphatic rings. The molecule has 4 N–H and O–H groups in total. The molecule has 74 valence electrons. The van der Waals surface area contributed by atoms with Crippen molar-refractivity contribution in [2.24, 2.45) is 10.7 Å². The zero-order chi connectivity index (χ0) is 10.2. The molecule has 1 aliphatic carbocycles. The second-order valence-electron chi connectivity index (χ2n) is 3.65. The smallest absolute Gasteiger partial charge is 0.197 e. The lowest BCUT2D eigenvalue weighted by atomic mass is 9.92. The number of guanidine groups is 1. The van der Waals surface area contributed by atoms with Crippen LogP contribution in [0.1, 0.15) is 6.92 Å². The highest BCUT2D eigenvalue weighted by Crippen LogP contribution is 2.23. The van der Waals surface area contributed by atoms with Crippen LogP contribution in [0.3, 0.4) is 0 Å². The van der Waals surface area contributed by atoms with Gasteiger partial charge < -0.3 is 16.4 Å². The molecule has 0 aromatic heterocycles. The maximum atomic E-state index is 5.58. The number of likely N-dealkylation sites (N-methyl/N-ethyl adjacent to an activating group) is 1. The van der Waals surface area contributed by atoms with E-state index in [1.54, 1.807) is 6.20 Å². The molecule has 1 heterocycles. The molecular weight excluding hydrogens is 176 g/mol. The summed E-state index contributed by atoms with van der Waals surface area (Å²) in [5.74, 6) is 0.439. The molecule has 0 aromatic carbocycles. The van der Waals surface area contributed by atoms with Crippen molar-refractivity contribution in [2.75, 3.05) is 7.05 Å². The molecule has 0 saturated carbocycles. The van der Waals surface area contributed by atoms with E-state index < -0.39 is 0 Å². The van der Waals surface area contributed by atoms with E-state index >= 15 is 0 Å². The van der Waals surface area contributed by atoms with Gasteiger partial charge in [-0.15, -0.1) is 0 Å². The van der Waals surface area contributed by atoms with Gasteiger partial charge in [0, 0.05) is 17.5 Å². The maximum absolute atomic E-state index is 5.58. The summed E-state index contributed by atoms with van der Waals surface area (Å²) in [6.45, 7) is 2.09. The summed E-state index contributed by atoms with van der Waals surface area (Å²) in [4.78, 5) is 4.00. The Balaban J connectivity index is 2.36. The number of nitrogens with one attached hydrogen (secondary N) is 2. The van der Waals surface area contributed by atoms with Crippen LogP contribution in [0.5, 0.6) is 0 Å². The Labute approximate surface area is 83.3 Å². The topological polar surface area (TPSA) is 62.4 Å². The van der Waals surface area contributed by atoms with Crippen LogP contribution in [-0.2, 0) is 0 Å². The largest absolute Gasteiger partial charge is 0.369 e. The van der Waals surface area contributed by atoms with E-state index in [9.17, 15) is 0 Å². The van der Waals surface area contributed by atoms with Crippen LogP contribution in [0.2, 0.25) is 0 Å². The van der Waals surface area contributed by atoms with Gasteiger partial charge >= 0.3 is 0 Å². The van der Waals surface area contributed by atoms with Gasteiger partial charge in [0.15, 0.2) is 5.96 Å². The quantitative estimate of drug-likeness (QED) is 0.554. The van der Waals surface area contributed by atoms with E-state index in [4.69, 9.17) is 5.73 Å². The lowest BCUT2D eigenvalue weighted by Crippen LogP contribution is -2.41. The van der Waals surface area contributed by atoms with Crippen LogP contribution in [0.25, 0.3) is 0 Å². The molecule has 0 saturated heterocycles. The minimum Gasteiger partial charge on any atom is -0.369 e. The van der Waals surface area contributed by atoms with E-state index in [1.165, 1.54) is 0 Å². The van der Waals surface area contributed by atoms with E-state index in [1.807, 2.05) is 13.1 Å². The first kappa shape index (κ1) is 9.02. The Morgan fingerprint density at radius 1 is 1.57 bits per heavy atom. The average molecular weight is 190 g/mol. The van der Waals surface area contributed by atoms with Gasteiger partial charge in [0.25, 0.3) is 0 Å². The highest BCUT2D eigenvalue weighted by molar-refractivity contribution is 5.83. The highest BCUT2D eigenvalue weighted by atomic mass is 15.1. The van der Waals surface area contributed by atoms with Gasteiger partial charge in [-0.2, -0.15) is 0 Å². The molecule has 4 nitrogen and oxygen atoms in total. The Morgan fingerprint density at radius 3 is 3.07 bits per heavy atom. The van der Waals surface area contributed by atoms with E-state index in [2.05, 4.69) is 34.7 Å². The minimum absolute atomic E-state index is 0.114. The summed E-state index contributed by atoms with van der Waals surface area (Å²) in [7, 11) is 1.93. The summed E-state index contributed by atoms with van der Waals surface area (Å²) in [5.41, 5.74) is 7.54. The number of hydrogen-bond donors (Lipinski definition) is 3. The van der Waals surface area contributed by atoms with Crippen molar-refractivity contribution in [1.29, 1.82) is 0 Å². The van der Waals surface area contributed by atoms with Crippen LogP contribution < -0.4 is 16.4 Å². The number of rotatable bonds is 1. The molecule has 0 bridgehead atoms. The predicted molar refractivity (Wildman–Crippen MR) is 57.5 cm³/mol. The fraction of sp³-hybridized carbons (Fsp3) is 0.300. The zero-order valence-electron chi connectivity index (χ0n) is 8.33. The summed E-state index contributed by atoms with van der Waals surface area (Å²) in [5, 5.41) is 6.25.